The maximum Gasteiger partial charge on any atom is 0.255 e. The molecule has 0 aliphatic heterocycles. The molecule has 1 saturated carbocycles. The molecule has 0 unspecified atom stereocenters. The summed E-state index contributed by atoms with van der Waals surface area (Å²) in [6.07, 6.45) is 5.05. The van der Waals surface area contributed by atoms with Gasteiger partial charge in [0.25, 0.3) is 5.91 Å². The first-order valence-electron chi connectivity index (χ1n) is 9.05. The second-order valence-electron chi connectivity index (χ2n) is 6.89. The van der Waals surface area contributed by atoms with Crippen LogP contribution in [0.15, 0.2) is 47.4 Å². The zero-order valence-corrected chi connectivity index (χ0v) is 16.7. The quantitative estimate of drug-likeness (QED) is 0.766. The number of carbonyl (C=O) groups is 1. The molecule has 0 spiro atoms. The van der Waals surface area contributed by atoms with E-state index in [1.807, 2.05) is 0 Å². The Morgan fingerprint density at radius 2 is 1.70 bits per heavy atom. The van der Waals surface area contributed by atoms with Crippen LogP contribution in [0.2, 0.25) is 5.02 Å². The molecule has 7 heteroatoms. The molecule has 5 nitrogen and oxygen atoms in total. The lowest BCUT2D eigenvalue weighted by molar-refractivity contribution is 0.102. The Hall–Kier alpha value is -1.89. The minimum atomic E-state index is -3.56. The Balaban J connectivity index is 1.72. The molecule has 1 amide bonds. The molecule has 144 valence electrons. The Kier molecular flexibility index (Phi) is 6.19. The van der Waals surface area contributed by atoms with Gasteiger partial charge in [0.05, 0.1) is 4.90 Å². The lowest BCUT2D eigenvalue weighted by Gasteiger charge is -2.22. The van der Waals surface area contributed by atoms with Crippen LogP contribution in [0.4, 0.5) is 5.69 Å². The molecule has 0 saturated heterocycles. The first kappa shape index (κ1) is 19.9. The van der Waals surface area contributed by atoms with Crippen LogP contribution in [0, 0.1) is 6.92 Å². The molecule has 27 heavy (non-hydrogen) atoms. The number of halogens is 1. The first-order chi connectivity index (χ1) is 12.8. The van der Waals surface area contributed by atoms with Crippen LogP contribution in [-0.4, -0.2) is 20.4 Å². The smallest absolute Gasteiger partial charge is 0.255 e. The molecular weight excluding hydrogens is 384 g/mol. The van der Waals surface area contributed by atoms with Crippen molar-refractivity contribution in [2.75, 3.05) is 5.32 Å². The van der Waals surface area contributed by atoms with Crippen LogP contribution in [0.3, 0.4) is 0 Å². The number of aryl methyl sites for hydroxylation is 1. The van der Waals surface area contributed by atoms with Crippen LogP contribution in [0.25, 0.3) is 0 Å². The molecule has 1 fully saturated rings. The zero-order chi connectivity index (χ0) is 19.4. The van der Waals surface area contributed by atoms with Crippen molar-refractivity contribution in [1.29, 1.82) is 0 Å². The molecule has 0 aromatic heterocycles. The van der Waals surface area contributed by atoms with E-state index in [1.165, 1.54) is 12.5 Å². The maximum absolute atomic E-state index is 12.6. The second kappa shape index (κ2) is 8.42. The molecule has 1 aliphatic carbocycles. The Morgan fingerprint density at radius 1 is 1.04 bits per heavy atom. The van der Waals surface area contributed by atoms with Crippen molar-refractivity contribution in [3.63, 3.8) is 0 Å². The summed E-state index contributed by atoms with van der Waals surface area (Å²) in [7, 11) is -3.56. The average molecular weight is 407 g/mol. The Morgan fingerprint density at radius 3 is 2.33 bits per heavy atom. The van der Waals surface area contributed by atoms with Gasteiger partial charge in [-0.2, -0.15) is 0 Å². The lowest BCUT2D eigenvalue weighted by Crippen LogP contribution is -2.36. The predicted molar refractivity (Wildman–Crippen MR) is 108 cm³/mol. The van der Waals surface area contributed by atoms with E-state index in [-0.39, 0.29) is 16.8 Å². The third-order valence-corrected chi connectivity index (χ3v) is 6.56. The number of sulfonamides is 1. The zero-order valence-electron chi connectivity index (χ0n) is 15.2. The monoisotopic (exact) mass is 406 g/mol. The summed E-state index contributed by atoms with van der Waals surface area (Å²) in [5, 5.41) is 3.37. The van der Waals surface area contributed by atoms with Crippen molar-refractivity contribution in [3.8, 4) is 0 Å². The number of hydrogen-bond acceptors (Lipinski definition) is 3. The van der Waals surface area contributed by atoms with Gasteiger partial charge < -0.3 is 5.32 Å². The predicted octanol–water partition coefficient (Wildman–Crippen LogP) is 4.51. The van der Waals surface area contributed by atoms with Gasteiger partial charge in [0, 0.05) is 22.3 Å². The lowest BCUT2D eigenvalue weighted by atomic mass is 9.96. The maximum atomic E-state index is 12.6. The molecule has 0 bridgehead atoms. The van der Waals surface area contributed by atoms with E-state index in [0.29, 0.717) is 21.8 Å². The minimum Gasteiger partial charge on any atom is -0.322 e. The fourth-order valence-electron chi connectivity index (χ4n) is 3.25. The number of amides is 1. The highest BCUT2D eigenvalue weighted by molar-refractivity contribution is 7.89. The van der Waals surface area contributed by atoms with Gasteiger partial charge in [-0.3, -0.25) is 4.79 Å². The van der Waals surface area contributed by atoms with E-state index in [2.05, 4.69) is 10.0 Å². The highest BCUT2D eigenvalue weighted by atomic mass is 35.5. The van der Waals surface area contributed by atoms with Gasteiger partial charge in [-0.25, -0.2) is 13.1 Å². The summed E-state index contributed by atoms with van der Waals surface area (Å²) < 4.78 is 28.1. The molecule has 1 aliphatic rings. The number of carbonyl (C=O) groups excluding carboxylic acids is 1. The Labute approximate surface area is 165 Å². The van der Waals surface area contributed by atoms with Gasteiger partial charge >= 0.3 is 0 Å². The van der Waals surface area contributed by atoms with E-state index < -0.39 is 10.0 Å². The van der Waals surface area contributed by atoms with Crippen molar-refractivity contribution in [3.05, 3.63) is 58.6 Å². The fraction of sp³-hybridized carbons (Fsp3) is 0.350. The molecule has 2 N–H and O–H groups in total. The summed E-state index contributed by atoms with van der Waals surface area (Å²) >= 11 is 5.84. The normalized spacial score (nSPS) is 15.5. The molecule has 2 aromatic rings. The highest BCUT2D eigenvalue weighted by Gasteiger charge is 2.22. The summed E-state index contributed by atoms with van der Waals surface area (Å²) in [5.74, 6) is -0.272. The Bertz CT molecular complexity index is 921. The van der Waals surface area contributed by atoms with Crippen molar-refractivity contribution in [2.24, 2.45) is 0 Å². The minimum absolute atomic E-state index is 0.00772. The van der Waals surface area contributed by atoms with E-state index in [9.17, 15) is 13.2 Å². The second-order valence-corrected chi connectivity index (χ2v) is 9.04. The fourth-order valence-corrected chi connectivity index (χ4v) is 4.76. The van der Waals surface area contributed by atoms with Crippen molar-refractivity contribution in [2.45, 2.75) is 50.0 Å². The van der Waals surface area contributed by atoms with Crippen LogP contribution in [0.1, 0.15) is 48.0 Å². The molecular formula is C20H23ClN2O3S. The van der Waals surface area contributed by atoms with Crippen LogP contribution >= 0.6 is 11.6 Å². The molecule has 0 heterocycles. The van der Waals surface area contributed by atoms with Crippen molar-refractivity contribution < 1.29 is 13.2 Å². The van der Waals surface area contributed by atoms with Crippen molar-refractivity contribution >= 4 is 33.2 Å². The standard InChI is InChI=1S/C20H23ClN2O3S/c1-14-13-18(27(25,26)23-17-5-3-2-4-6-17)11-12-19(14)22-20(24)15-7-9-16(21)10-8-15/h7-13,17,23H,2-6H2,1H3,(H,22,24). The number of hydrogen-bond donors (Lipinski definition) is 2. The summed E-state index contributed by atoms with van der Waals surface area (Å²) in [6.45, 7) is 1.77. The molecule has 2 aromatic carbocycles. The third kappa shape index (κ3) is 5.09. The summed E-state index contributed by atoms with van der Waals surface area (Å²) in [5.41, 5.74) is 1.74. The number of anilines is 1. The highest BCUT2D eigenvalue weighted by Crippen LogP contribution is 2.23. The van der Waals surface area contributed by atoms with Gasteiger partial charge in [-0.05, 0) is 67.8 Å². The van der Waals surface area contributed by atoms with Gasteiger partial charge in [-0.15, -0.1) is 0 Å². The summed E-state index contributed by atoms with van der Waals surface area (Å²) in [6, 6.07) is 11.3. The number of nitrogens with one attached hydrogen (secondary N) is 2. The van der Waals surface area contributed by atoms with Gasteiger partial charge in [0.1, 0.15) is 0 Å². The van der Waals surface area contributed by atoms with Crippen LogP contribution in [0.5, 0.6) is 0 Å². The SMILES string of the molecule is Cc1cc(S(=O)(=O)NC2CCCCC2)ccc1NC(=O)c1ccc(Cl)cc1. The largest absolute Gasteiger partial charge is 0.322 e. The molecule has 0 radical (unpaired) electrons. The van der Waals surface area contributed by atoms with Gasteiger partial charge in [0.2, 0.25) is 10.0 Å². The number of rotatable bonds is 5. The molecule has 3 rings (SSSR count). The third-order valence-electron chi connectivity index (χ3n) is 4.79. The van der Waals surface area contributed by atoms with E-state index in [1.54, 1.807) is 43.3 Å². The molecule has 0 atom stereocenters. The van der Waals surface area contributed by atoms with Gasteiger partial charge in [-0.1, -0.05) is 30.9 Å². The number of benzene rings is 2. The average Bonchev–Trinajstić information content (AvgIpc) is 2.64. The first-order valence-corrected chi connectivity index (χ1v) is 10.9. The van der Waals surface area contributed by atoms with E-state index in [0.717, 1.165) is 25.7 Å². The van der Waals surface area contributed by atoms with Crippen molar-refractivity contribution in [1.82, 2.24) is 4.72 Å². The topological polar surface area (TPSA) is 75.3 Å². The summed E-state index contributed by atoms with van der Waals surface area (Å²) in [4.78, 5) is 12.6. The van der Waals surface area contributed by atoms with Gasteiger partial charge in [0.15, 0.2) is 0 Å². The van der Waals surface area contributed by atoms with E-state index >= 15 is 0 Å². The van der Waals surface area contributed by atoms with E-state index in [4.69, 9.17) is 11.6 Å². The van der Waals surface area contributed by atoms with Crippen LogP contribution < -0.4 is 10.0 Å². The van der Waals surface area contributed by atoms with Crippen LogP contribution in [-0.2, 0) is 10.0 Å².